The highest BCUT2D eigenvalue weighted by atomic mass is 16.5. The molecule has 0 saturated carbocycles. The van der Waals surface area contributed by atoms with E-state index in [9.17, 15) is 0 Å². The first kappa shape index (κ1) is 10.8. The first-order valence-electron chi connectivity index (χ1n) is 5.33. The minimum Gasteiger partial charge on any atom is -0.404 e. The molecule has 1 aliphatic rings. The average Bonchev–Trinajstić information content (AvgIpc) is 2.73. The lowest BCUT2D eigenvalue weighted by molar-refractivity contribution is 0.410. The topological polar surface area (TPSA) is 67.3 Å². The van der Waals surface area contributed by atoms with Gasteiger partial charge in [0.05, 0.1) is 5.56 Å². The number of nitrogens with two attached hydrogens (primary N) is 1. The van der Waals surface area contributed by atoms with Crippen LogP contribution in [-0.4, -0.2) is 31.3 Å². The third-order valence-corrected chi connectivity index (χ3v) is 2.61. The van der Waals surface area contributed by atoms with Gasteiger partial charge >= 0.3 is 0 Å². The molecule has 2 heterocycles. The third-order valence-electron chi connectivity index (χ3n) is 2.61. The molecule has 0 aromatic carbocycles. The maximum atomic E-state index is 5.35. The lowest BCUT2D eigenvalue weighted by atomic mass is 10.2. The summed E-state index contributed by atoms with van der Waals surface area (Å²) in [5, 5.41) is 7.37. The number of rotatable bonds is 3. The third kappa shape index (κ3) is 1.94. The van der Waals surface area contributed by atoms with Crippen molar-refractivity contribution in [2.75, 3.05) is 31.1 Å². The van der Waals surface area contributed by atoms with Gasteiger partial charge in [-0.2, -0.15) is 0 Å². The molecule has 1 aromatic heterocycles. The second-order valence-electron chi connectivity index (χ2n) is 3.58. The molecular weight excluding hydrogens is 204 g/mol. The summed E-state index contributed by atoms with van der Waals surface area (Å²) in [5.41, 5.74) is 6.25. The largest absolute Gasteiger partial charge is 0.404 e. The Labute approximate surface area is 94.6 Å². The Kier molecular flexibility index (Phi) is 3.26. The first-order chi connectivity index (χ1) is 7.86. The normalized spacial score (nSPS) is 16.9. The molecule has 1 aliphatic heterocycles. The van der Waals surface area contributed by atoms with E-state index in [1.807, 2.05) is 0 Å². The fourth-order valence-corrected chi connectivity index (χ4v) is 1.81. The smallest absolute Gasteiger partial charge is 0.180 e. The second-order valence-corrected chi connectivity index (χ2v) is 3.58. The molecule has 0 bridgehead atoms. The molecule has 1 fully saturated rings. The average molecular weight is 220 g/mol. The predicted octanol–water partition coefficient (Wildman–Crippen LogP) is 0.657. The molecule has 0 spiro atoms. The van der Waals surface area contributed by atoms with Crippen LogP contribution in [0.2, 0.25) is 0 Å². The molecule has 16 heavy (non-hydrogen) atoms. The Morgan fingerprint density at radius 1 is 1.44 bits per heavy atom. The Morgan fingerprint density at radius 3 is 2.81 bits per heavy atom. The summed E-state index contributed by atoms with van der Waals surface area (Å²) in [7, 11) is 0. The molecule has 0 radical (unpaired) electrons. The first-order valence-corrected chi connectivity index (χ1v) is 5.33. The SMILES string of the molecule is C=Cc1c(N2CCNCC2)noc1/C=C\N. The van der Waals surface area contributed by atoms with E-state index in [2.05, 4.69) is 22.0 Å². The van der Waals surface area contributed by atoms with Crippen LogP contribution in [0.5, 0.6) is 0 Å². The molecule has 1 aromatic rings. The summed E-state index contributed by atoms with van der Waals surface area (Å²) in [6, 6.07) is 0. The molecule has 0 unspecified atom stereocenters. The Balaban J connectivity index is 2.29. The Morgan fingerprint density at radius 2 is 2.19 bits per heavy atom. The van der Waals surface area contributed by atoms with Crippen molar-refractivity contribution < 1.29 is 4.52 Å². The van der Waals surface area contributed by atoms with Crippen LogP contribution >= 0.6 is 0 Å². The van der Waals surface area contributed by atoms with Crippen LogP contribution in [0.3, 0.4) is 0 Å². The van der Waals surface area contributed by atoms with Gasteiger partial charge in [-0.15, -0.1) is 0 Å². The number of hydrogen-bond donors (Lipinski definition) is 2. The second kappa shape index (κ2) is 4.85. The number of hydrogen-bond acceptors (Lipinski definition) is 5. The molecule has 0 amide bonds. The van der Waals surface area contributed by atoms with Crippen molar-refractivity contribution in [3.05, 3.63) is 24.1 Å². The van der Waals surface area contributed by atoms with Gasteiger partial charge in [0, 0.05) is 26.2 Å². The van der Waals surface area contributed by atoms with Gasteiger partial charge in [0.1, 0.15) is 0 Å². The molecule has 1 saturated heterocycles. The van der Waals surface area contributed by atoms with Crippen LogP contribution in [0.25, 0.3) is 12.2 Å². The molecule has 0 atom stereocenters. The number of piperazine rings is 1. The van der Waals surface area contributed by atoms with Crippen molar-refractivity contribution >= 4 is 18.0 Å². The van der Waals surface area contributed by atoms with Crippen molar-refractivity contribution in [1.29, 1.82) is 0 Å². The summed E-state index contributed by atoms with van der Waals surface area (Å²) in [4.78, 5) is 2.19. The van der Waals surface area contributed by atoms with E-state index in [0.717, 1.165) is 37.6 Å². The van der Waals surface area contributed by atoms with E-state index in [4.69, 9.17) is 10.3 Å². The standard InChI is InChI=1S/C11H16N4O/c1-2-9-10(3-4-12)16-14-11(9)15-7-5-13-6-8-15/h2-4,13H,1,5-8,12H2/b4-3-. The van der Waals surface area contributed by atoms with Gasteiger partial charge in [0.2, 0.25) is 0 Å². The fraction of sp³-hybridized carbons (Fsp3) is 0.364. The van der Waals surface area contributed by atoms with E-state index in [-0.39, 0.29) is 0 Å². The van der Waals surface area contributed by atoms with Crippen molar-refractivity contribution in [3.8, 4) is 0 Å². The Bertz CT molecular complexity index is 391. The van der Waals surface area contributed by atoms with Crippen LogP contribution in [0.1, 0.15) is 11.3 Å². The predicted molar refractivity (Wildman–Crippen MR) is 64.9 cm³/mol. The maximum Gasteiger partial charge on any atom is 0.180 e. The van der Waals surface area contributed by atoms with Gasteiger partial charge in [-0.25, -0.2) is 0 Å². The molecule has 86 valence electrons. The van der Waals surface area contributed by atoms with Crippen LogP contribution < -0.4 is 16.0 Å². The molecule has 5 nitrogen and oxygen atoms in total. The van der Waals surface area contributed by atoms with Crippen LogP contribution in [0, 0.1) is 0 Å². The van der Waals surface area contributed by atoms with Gasteiger partial charge in [0.15, 0.2) is 11.6 Å². The van der Waals surface area contributed by atoms with E-state index < -0.39 is 0 Å². The summed E-state index contributed by atoms with van der Waals surface area (Å²) in [6.45, 7) is 7.57. The monoisotopic (exact) mass is 220 g/mol. The summed E-state index contributed by atoms with van der Waals surface area (Å²) >= 11 is 0. The van der Waals surface area contributed by atoms with Gasteiger partial charge in [-0.1, -0.05) is 17.8 Å². The minimum absolute atomic E-state index is 0.658. The van der Waals surface area contributed by atoms with E-state index in [0.29, 0.717) is 5.76 Å². The number of anilines is 1. The number of aromatic nitrogens is 1. The van der Waals surface area contributed by atoms with Crippen LogP contribution in [-0.2, 0) is 0 Å². The van der Waals surface area contributed by atoms with Crippen LogP contribution in [0.4, 0.5) is 5.82 Å². The lowest BCUT2D eigenvalue weighted by Crippen LogP contribution is -2.43. The fourth-order valence-electron chi connectivity index (χ4n) is 1.81. The highest BCUT2D eigenvalue weighted by Crippen LogP contribution is 2.25. The summed E-state index contributed by atoms with van der Waals surface area (Å²) in [6.07, 6.45) is 4.88. The van der Waals surface area contributed by atoms with E-state index in [1.165, 1.54) is 6.20 Å². The molecular formula is C11H16N4O. The zero-order chi connectivity index (χ0) is 11.4. The van der Waals surface area contributed by atoms with Gasteiger partial charge in [0.25, 0.3) is 0 Å². The van der Waals surface area contributed by atoms with E-state index in [1.54, 1.807) is 12.2 Å². The van der Waals surface area contributed by atoms with Crippen molar-refractivity contribution in [2.45, 2.75) is 0 Å². The van der Waals surface area contributed by atoms with Gasteiger partial charge in [-0.3, -0.25) is 0 Å². The molecule has 0 aliphatic carbocycles. The van der Waals surface area contributed by atoms with E-state index >= 15 is 0 Å². The maximum absolute atomic E-state index is 5.35. The minimum atomic E-state index is 0.658. The molecule has 3 N–H and O–H groups in total. The Hall–Kier alpha value is -1.75. The highest BCUT2D eigenvalue weighted by molar-refractivity contribution is 5.70. The van der Waals surface area contributed by atoms with Gasteiger partial charge in [-0.05, 0) is 12.3 Å². The lowest BCUT2D eigenvalue weighted by Gasteiger charge is -2.27. The number of nitrogens with zero attached hydrogens (tertiary/aromatic N) is 2. The van der Waals surface area contributed by atoms with Gasteiger partial charge < -0.3 is 20.5 Å². The number of nitrogens with one attached hydrogen (secondary N) is 1. The van der Waals surface area contributed by atoms with Crippen molar-refractivity contribution in [1.82, 2.24) is 10.5 Å². The van der Waals surface area contributed by atoms with Crippen molar-refractivity contribution in [3.63, 3.8) is 0 Å². The summed E-state index contributed by atoms with van der Waals surface area (Å²) < 4.78 is 5.23. The van der Waals surface area contributed by atoms with Crippen molar-refractivity contribution in [2.24, 2.45) is 5.73 Å². The molecule has 5 heteroatoms. The summed E-state index contributed by atoms with van der Waals surface area (Å²) in [5.74, 6) is 1.51. The highest BCUT2D eigenvalue weighted by Gasteiger charge is 2.19. The molecule has 2 rings (SSSR count). The zero-order valence-electron chi connectivity index (χ0n) is 9.15. The zero-order valence-corrected chi connectivity index (χ0v) is 9.15. The van der Waals surface area contributed by atoms with Crippen LogP contribution in [0.15, 0.2) is 17.3 Å². The quantitative estimate of drug-likeness (QED) is 0.783.